The van der Waals surface area contributed by atoms with E-state index in [0.717, 1.165) is 5.56 Å². The summed E-state index contributed by atoms with van der Waals surface area (Å²) in [6, 6.07) is 6.39. The molecule has 5 nitrogen and oxygen atoms in total. The summed E-state index contributed by atoms with van der Waals surface area (Å²) in [7, 11) is 1.55. The highest BCUT2D eigenvalue weighted by Gasteiger charge is 2.34. The third-order valence-corrected chi connectivity index (χ3v) is 4.22. The van der Waals surface area contributed by atoms with E-state index < -0.39 is 5.54 Å². The van der Waals surface area contributed by atoms with Crippen molar-refractivity contribution in [2.24, 2.45) is 0 Å². The normalized spacial score (nSPS) is 16.2. The lowest BCUT2D eigenvalue weighted by molar-refractivity contribution is -0.132. The Kier molecular flexibility index (Phi) is 6.09. The van der Waals surface area contributed by atoms with Gasteiger partial charge < -0.3 is 15.0 Å². The van der Waals surface area contributed by atoms with Crippen LogP contribution in [0.4, 0.5) is 4.39 Å². The third kappa shape index (κ3) is 4.89. The van der Waals surface area contributed by atoms with Crippen molar-refractivity contribution in [3.05, 3.63) is 48.3 Å². The lowest BCUT2D eigenvalue weighted by Crippen LogP contribution is -2.55. The molecule has 1 heterocycles. The number of carbonyl (C=O) groups is 2. The van der Waals surface area contributed by atoms with Gasteiger partial charge in [-0.25, -0.2) is 4.39 Å². The molecule has 0 unspecified atom stereocenters. The average molecular weight is 334 g/mol. The summed E-state index contributed by atoms with van der Waals surface area (Å²) in [5.74, 6) is -0.848. The molecular formula is C18H23FN2O3. The fraction of sp³-hybridized carbons (Fsp3) is 0.444. The maximum Gasteiger partial charge on any atom is 0.246 e. The second-order valence-electron chi connectivity index (χ2n) is 6.15. The number of ether oxygens (including phenoxy) is 1. The maximum atomic E-state index is 13.4. The quantitative estimate of drug-likeness (QED) is 0.805. The number of amides is 2. The molecule has 1 aliphatic rings. The van der Waals surface area contributed by atoms with Crippen molar-refractivity contribution in [2.45, 2.75) is 24.8 Å². The molecule has 130 valence electrons. The van der Waals surface area contributed by atoms with Crippen LogP contribution in [0, 0.1) is 5.82 Å². The molecule has 2 amide bonds. The molecule has 1 saturated heterocycles. The minimum atomic E-state index is -0.485. The SMILES string of the molecule is C=CC(=O)N(C)CC(=O)NC1(Cc2cccc(F)c2)CCOCC1. The number of nitrogens with zero attached hydrogens (tertiary/aromatic N) is 1. The zero-order chi connectivity index (χ0) is 17.6. The number of halogens is 1. The number of rotatable bonds is 6. The maximum absolute atomic E-state index is 13.4. The number of hydrogen-bond donors (Lipinski definition) is 1. The standard InChI is InChI=1S/C18H23FN2O3/c1-3-17(23)21(2)13-16(22)20-18(7-9-24-10-8-18)12-14-5-4-6-15(19)11-14/h3-6,11H,1,7-10,12-13H2,2H3,(H,20,22). The molecule has 0 spiro atoms. The third-order valence-electron chi connectivity index (χ3n) is 4.22. The predicted octanol–water partition coefficient (Wildman–Crippen LogP) is 1.68. The van der Waals surface area contributed by atoms with Crippen LogP contribution in [0.2, 0.25) is 0 Å². The molecule has 1 fully saturated rings. The minimum absolute atomic E-state index is 0.0450. The van der Waals surface area contributed by atoms with Gasteiger partial charge in [-0.1, -0.05) is 18.7 Å². The minimum Gasteiger partial charge on any atom is -0.381 e. The first-order valence-electron chi connectivity index (χ1n) is 7.95. The molecule has 2 rings (SSSR count). The summed E-state index contributed by atoms with van der Waals surface area (Å²) in [5.41, 5.74) is 0.342. The Labute approximate surface area is 141 Å². The van der Waals surface area contributed by atoms with Gasteiger partial charge in [0.05, 0.1) is 6.54 Å². The first-order chi connectivity index (χ1) is 11.4. The molecule has 6 heteroatoms. The van der Waals surface area contributed by atoms with Crippen LogP contribution in [-0.4, -0.2) is 49.1 Å². The molecule has 0 saturated carbocycles. The van der Waals surface area contributed by atoms with E-state index in [0.29, 0.717) is 32.5 Å². The van der Waals surface area contributed by atoms with E-state index in [4.69, 9.17) is 4.74 Å². The van der Waals surface area contributed by atoms with Gasteiger partial charge in [0.1, 0.15) is 5.82 Å². The molecule has 24 heavy (non-hydrogen) atoms. The summed E-state index contributed by atoms with van der Waals surface area (Å²) in [6.07, 6.45) is 2.99. The highest BCUT2D eigenvalue weighted by atomic mass is 19.1. The number of nitrogens with one attached hydrogen (secondary N) is 1. The zero-order valence-electron chi connectivity index (χ0n) is 13.9. The largest absolute Gasteiger partial charge is 0.381 e. The molecule has 0 aromatic heterocycles. The van der Waals surface area contributed by atoms with Crippen LogP contribution in [0.1, 0.15) is 18.4 Å². The van der Waals surface area contributed by atoms with Crippen molar-refractivity contribution in [3.8, 4) is 0 Å². The first kappa shape index (κ1) is 18.1. The van der Waals surface area contributed by atoms with Crippen LogP contribution in [0.25, 0.3) is 0 Å². The predicted molar refractivity (Wildman–Crippen MR) is 88.9 cm³/mol. The zero-order valence-corrected chi connectivity index (χ0v) is 13.9. The van der Waals surface area contributed by atoms with Gasteiger partial charge in [0.2, 0.25) is 11.8 Å². The molecule has 1 aromatic rings. The second-order valence-corrected chi connectivity index (χ2v) is 6.15. The van der Waals surface area contributed by atoms with E-state index in [1.54, 1.807) is 13.1 Å². The Morgan fingerprint density at radius 1 is 1.42 bits per heavy atom. The first-order valence-corrected chi connectivity index (χ1v) is 7.95. The topological polar surface area (TPSA) is 58.6 Å². The molecule has 0 bridgehead atoms. The molecule has 1 N–H and O–H groups in total. The number of carbonyl (C=O) groups excluding carboxylic acids is 2. The number of hydrogen-bond acceptors (Lipinski definition) is 3. The van der Waals surface area contributed by atoms with Crippen LogP contribution in [0.5, 0.6) is 0 Å². The summed E-state index contributed by atoms with van der Waals surface area (Å²) < 4.78 is 18.8. The van der Waals surface area contributed by atoms with Crippen LogP contribution in [0.15, 0.2) is 36.9 Å². The van der Waals surface area contributed by atoms with Gasteiger partial charge in [-0.2, -0.15) is 0 Å². The van der Waals surface area contributed by atoms with Crippen LogP contribution in [0.3, 0.4) is 0 Å². The van der Waals surface area contributed by atoms with Gasteiger partial charge in [0, 0.05) is 25.8 Å². The lowest BCUT2D eigenvalue weighted by atomic mass is 9.83. The monoisotopic (exact) mass is 334 g/mol. The van der Waals surface area contributed by atoms with Gasteiger partial charge >= 0.3 is 0 Å². The van der Waals surface area contributed by atoms with Gasteiger partial charge in [-0.3, -0.25) is 9.59 Å². The summed E-state index contributed by atoms with van der Waals surface area (Å²) in [4.78, 5) is 25.2. The fourth-order valence-electron chi connectivity index (χ4n) is 2.93. The van der Waals surface area contributed by atoms with Crippen molar-refractivity contribution in [2.75, 3.05) is 26.8 Å². The summed E-state index contributed by atoms with van der Waals surface area (Å²) in [6.45, 7) is 4.44. The van der Waals surface area contributed by atoms with Gasteiger partial charge in [-0.15, -0.1) is 0 Å². The van der Waals surface area contributed by atoms with Crippen molar-refractivity contribution >= 4 is 11.8 Å². The number of likely N-dealkylation sites (N-methyl/N-ethyl adjacent to an activating group) is 1. The highest BCUT2D eigenvalue weighted by Crippen LogP contribution is 2.26. The van der Waals surface area contributed by atoms with Crippen molar-refractivity contribution in [3.63, 3.8) is 0 Å². The van der Waals surface area contributed by atoms with Crippen molar-refractivity contribution in [1.82, 2.24) is 10.2 Å². The van der Waals surface area contributed by atoms with E-state index in [9.17, 15) is 14.0 Å². The Hall–Kier alpha value is -2.21. The average Bonchev–Trinajstić information content (AvgIpc) is 2.54. The smallest absolute Gasteiger partial charge is 0.246 e. The molecule has 1 aliphatic heterocycles. The van der Waals surface area contributed by atoms with E-state index in [1.165, 1.54) is 23.1 Å². The van der Waals surface area contributed by atoms with Gasteiger partial charge in [0.15, 0.2) is 0 Å². The number of benzene rings is 1. The Morgan fingerprint density at radius 3 is 2.75 bits per heavy atom. The molecule has 0 aliphatic carbocycles. The Morgan fingerprint density at radius 2 is 2.12 bits per heavy atom. The Balaban J connectivity index is 2.08. The van der Waals surface area contributed by atoms with Gasteiger partial charge in [0.25, 0.3) is 0 Å². The van der Waals surface area contributed by atoms with Crippen molar-refractivity contribution in [1.29, 1.82) is 0 Å². The van der Waals surface area contributed by atoms with E-state index in [-0.39, 0.29) is 24.2 Å². The van der Waals surface area contributed by atoms with E-state index in [2.05, 4.69) is 11.9 Å². The van der Waals surface area contributed by atoms with Crippen LogP contribution < -0.4 is 5.32 Å². The summed E-state index contributed by atoms with van der Waals surface area (Å²) >= 11 is 0. The molecule has 1 aromatic carbocycles. The Bertz CT molecular complexity index is 612. The summed E-state index contributed by atoms with van der Waals surface area (Å²) in [5, 5.41) is 3.04. The van der Waals surface area contributed by atoms with E-state index >= 15 is 0 Å². The lowest BCUT2D eigenvalue weighted by Gasteiger charge is -2.38. The molecular weight excluding hydrogens is 311 g/mol. The van der Waals surface area contributed by atoms with Crippen LogP contribution >= 0.6 is 0 Å². The van der Waals surface area contributed by atoms with Gasteiger partial charge in [-0.05, 0) is 43.0 Å². The van der Waals surface area contributed by atoms with E-state index in [1.807, 2.05) is 6.07 Å². The molecule has 0 radical (unpaired) electrons. The highest BCUT2D eigenvalue weighted by molar-refractivity contribution is 5.90. The van der Waals surface area contributed by atoms with Crippen LogP contribution in [-0.2, 0) is 20.7 Å². The molecule has 0 atom stereocenters. The second kappa shape index (κ2) is 8.06. The van der Waals surface area contributed by atoms with Crippen molar-refractivity contribution < 1.29 is 18.7 Å². The fourth-order valence-corrected chi connectivity index (χ4v) is 2.93.